The van der Waals surface area contributed by atoms with Crippen molar-refractivity contribution >= 4 is 6.09 Å². The van der Waals surface area contributed by atoms with E-state index in [2.05, 4.69) is 12.2 Å². The molecule has 20 heavy (non-hydrogen) atoms. The maximum Gasteiger partial charge on any atom is 0.416 e. The fourth-order valence-electron chi connectivity index (χ4n) is 1.46. The van der Waals surface area contributed by atoms with Gasteiger partial charge in [-0.2, -0.15) is 13.2 Å². The molecule has 0 fully saturated rings. The van der Waals surface area contributed by atoms with Crippen LogP contribution >= 0.6 is 0 Å². The van der Waals surface area contributed by atoms with E-state index in [1.165, 1.54) is 12.1 Å². The molecule has 1 amide bonds. The highest BCUT2D eigenvalue weighted by Crippen LogP contribution is 2.30. The summed E-state index contributed by atoms with van der Waals surface area (Å²) in [6, 6.07) is 3.82. The third-order valence-electron chi connectivity index (χ3n) is 2.31. The summed E-state index contributed by atoms with van der Waals surface area (Å²) >= 11 is 0. The SMILES string of the molecule is [CH2]C(NC(=O)OC(C)(C)C)c1cccc(C(F)(F)F)c1. The standard InChI is InChI=1S/C14H17F3NO2/c1-9(18-12(19)20-13(2,3)4)10-6-5-7-11(8-10)14(15,16)17/h5-9H,1H2,2-4H3,(H,18,19). The molecule has 0 bridgehead atoms. The molecule has 1 aromatic carbocycles. The van der Waals surface area contributed by atoms with Crippen molar-refractivity contribution in [1.82, 2.24) is 5.32 Å². The molecule has 0 aliphatic heterocycles. The van der Waals surface area contributed by atoms with Gasteiger partial charge in [0.25, 0.3) is 0 Å². The molecule has 3 nitrogen and oxygen atoms in total. The number of alkyl halides is 3. The fourth-order valence-corrected chi connectivity index (χ4v) is 1.46. The van der Waals surface area contributed by atoms with Crippen molar-refractivity contribution < 1.29 is 22.7 Å². The van der Waals surface area contributed by atoms with Crippen molar-refractivity contribution in [2.24, 2.45) is 0 Å². The third-order valence-corrected chi connectivity index (χ3v) is 2.31. The van der Waals surface area contributed by atoms with E-state index in [1.54, 1.807) is 20.8 Å². The Balaban J connectivity index is 2.78. The zero-order valence-electron chi connectivity index (χ0n) is 11.5. The number of hydrogen-bond donors (Lipinski definition) is 1. The molecule has 1 atom stereocenters. The maximum atomic E-state index is 12.6. The minimum atomic E-state index is -4.43. The Morgan fingerprint density at radius 3 is 2.40 bits per heavy atom. The van der Waals surface area contributed by atoms with Crippen LogP contribution in [0.4, 0.5) is 18.0 Å². The van der Waals surface area contributed by atoms with Gasteiger partial charge in [0.05, 0.1) is 11.6 Å². The summed E-state index contributed by atoms with van der Waals surface area (Å²) in [4.78, 5) is 11.5. The van der Waals surface area contributed by atoms with E-state index in [0.29, 0.717) is 0 Å². The van der Waals surface area contributed by atoms with Crippen LogP contribution in [0.2, 0.25) is 0 Å². The van der Waals surface area contributed by atoms with E-state index in [-0.39, 0.29) is 5.56 Å². The summed E-state index contributed by atoms with van der Waals surface area (Å²) in [6.45, 7) is 8.69. The minimum Gasteiger partial charge on any atom is -0.444 e. The van der Waals surface area contributed by atoms with Gasteiger partial charge in [0.1, 0.15) is 5.60 Å². The molecule has 0 aliphatic carbocycles. The number of alkyl carbamates (subject to hydrolysis) is 1. The van der Waals surface area contributed by atoms with Gasteiger partial charge in [-0.25, -0.2) is 4.79 Å². The molecular weight excluding hydrogens is 271 g/mol. The topological polar surface area (TPSA) is 38.3 Å². The lowest BCUT2D eigenvalue weighted by atomic mass is 10.1. The van der Waals surface area contributed by atoms with Crippen molar-refractivity contribution in [1.29, 1.82) is 0 Å². The predicted molar refractivity (Wildman–Crippen MR) is 68.9 cm³/mol. The highest BCUT2D eigenvalue weighted by molar-refractivity contribution is 5.68. The van der Waals surface area contributed by atoms with Gasteiger partial charge in [-0.15, -0.1) is 0 Å². The lowest BCUT2D eigenvalue weighted by molar-refractivity contribution is -0.137. The number of amides is 1. The van der Waals surface area contributed by atoms with Crippen molar-refractivity contribution in [3.8, 4) is 0 Å². The molecule has 0 aliphatic rings. The number of benzene rings is 1. The average Bonchev–Trinajstić information content (AvgIpc) is 2.25. The fraction of sp³-hybridized carbons (Fsp3) is 0.429. The average molecular weight is 288 g/mol. The molecule has 1 aromatic rings. The first kappa shape index (κ1) is 16.3. The number of rotatable bonds is 2. The largest absolute Gasteiger partial charge is 0.444 e. The second kappa shape index (κ2) is 5.73. The molecule has 0 aromatic heterocycles. The molecule has 0 heterocycles. The molecule has 0 saturated heterocycles. The van der Waals surface area contributed by atoms with Gasteiger partial charge in [0.2, 0.25) is 0 Å². The van der Waals surface area contributed by atoms with E-state index < -0.39 is 29.5 Å². The summed E-state index contributed by atoms with van der Waals surface area (Å²) in [5.74, 6) is 0. The van der Waals surface area contributed by atoms with Crippen molar-refractivity contribution in [2.45, 2.75) is 38.6 Å². The Morgan fingerprint density at radius 1 is 1.30 bits per heavy atom. The van der Waals surface area contributed by atoms with Gasteiger partial charge in [0, 0.05) is 0 Å². The van der Waals surface area contributed by atoms with Crippen LogP contribution in [-0.2, 0) is 10.9 Å². The van der Waals surface area contributed by atoms with Crippen molar-refractivity contribution in [2.75, 3.05) is 0 Å². The van der Waals surface area contributed by atoms with Crippen LogP contribution in [0.5, 0.6) is 0 Å². The summed E-state index contributed by atoms with van der Waals surface area (Å²) in [7, 11) is 0. The molecule has 0 saturated carbocycles. The predicted octanol–water partition coefficient (Wildman–Crippen LogP) is 4.11. The normalized spacial score (nSPS) is 13.8. The Labute approximate surface area is 116 Å². The highest BCUT2D eigenvalue weighted by Gasteiger charge is 2.30. The summed E-state index contributed by atoms with van der Waals surface area (Å²) in [5, 5.41) is 2.39. The lowest BCUT2D eigenvalue weighted by Gasteiger charge is -2.22. The Hall–Kier alpha value is -1.72. The van der Waals surface area contributed by atoms with Crippen LogP contribution < -0.4 is 5.32 Å². The second-order valence-corrected chi connectivity index (χ2v) is 5.32. The van der Waals surface area contributed by atoms with Gasteiger partial charge in [-0.1, -0.05) is 12.1 Å². The lowest BCUT2D eigenvalue weighted by Crippen LogP contribution is -2.34. The van der Waals surface area contributed by atoms with E-state index in [9.17, 15) is 18.0 Å². The molecule has 1 N–H and O–H groups in total. The van der Waals surface area contributed by atoms with E-state index in [4.69, 9.17) is 4.74 Å². The first-order chi connectivity index (χ1) is 8.99. The van der Waals surface area contributed by atoms with E-state index in [0.717, 1.165) is 12.1 Å². The van der Waals surface area contributed by atoms with Crippen molar-refractivity contribution in [3.05, 3.63) is 42.3 Å². The van der Waals surface area contributed by atoms with Crippen LogP contribution in [0.3, 0.4) is 0 Å². The van der Waals surface area contributed by atoms with Crippen LogP contribution in [0.15, 0.2) is 24.3 Å². The van der Waals surface area contributed by atoms with E-state index >= 15 is 0 Å². The van der Waals surface area contributed by atoms with Crippen LogP contribution in [-0.4, -0.2) is 11.7 Å². The number of hydrogen-bond acceptors (Lipinski definition) is 2. The van der Waals surface area contributed by atoms with Gasteiger partial charge < -0.3 is 10.1 Å². The van der Waals surface area contributed by atoms with E-state index in [1.807, 2.05) is 0 Å². The Bertz CT molecular complexity index is 478. The smallest absolute Gasteiger partial charge is 0.416 e. The highest BCUT2D eigenvalue weighted by atomic mass is 19.4. The van der Waals surface area contributed by atoms with Crippen LogP contribution in [0, 0.1) is 6.92 Å². The summed E-state index contributed by atoms with van der Waals surface area (Å²) < 4.78 is 42.8. The molecule has 1 rings (SSSR count). The zero-order chi connectivity index (χ0) is 15.6. The van der Waals surface area contributed by atoms with Crippen molar-refractivity contribution in [3.63, 3.8) is 0 Å². The number of carbonyl (C=O) groups is 1. The quantitative estimate of drug-likeness (QED) is 0.889. The monoisotopic (exact) mass is 288 g/mol. The Kier molecular flexibility index (Phi) is 4.68. The molecular formula is C14H17F3NO2. The number of nitrogens with one attached hydrogen (secondary N) is 1. The summed E-state index contributed by atoms with van der Waals surface area (Å²) in [6.07, 6.45) is -5.16. The first-order valence-corrected chi connectivity index (χ1v) is 5.99. The number of halogens is 3. The number of ether oxygens (including phenoxy) is 1. The minimum absolute atomic E-state index is 0.255. The first-order valence-electron chi connectivity index (χ1n) is 5.99. The molecule has 111 valence electrons. The van der Waals surface area contributed by atoms with Gasteiger partial charge in [-0.05, 0) is 45.4 Å². The molecule has 1 unspecified atom stereocenters. The van der Waals surface area contributed by atoms with Crippen LogP contribution in [0.1, 0.15) is 37.9 Å². The maximum absolute atomic E-state index is 12.6. The Morgan fingerprint density at radius 2 is 1.90 bits per heavy atom. The van der Waals surface area contributed by atoms with Gasteiger partial charge in [0.15, 0.2) is 0 Å². The second-order valence-electron chi connectivity index (χ2n) is 5.32. The van der Waals surface area contributed by atoms with Crippen LogP contribution in [0.25, 0.3) is 0 Å². The summed E-state index contributed by atoms with van der Waals surface area (Å²) in [5.41, 5.74) is -1.21. The molecule has 1 radical (unpaired) electrons. The van der Waals surface area contributed by atoms with Gasteiger partial charge in [-0.3, -0.25) is 0 Å². The number of carbonyl (C=O) groups excluding carboxylic acids is 1. The van der Waals surface area contributed by atoms with Gasteiger partial charge >= 0.3 is 12.3 Å². The zero-order valence-corrected chi connectivity index (χ0v) is 11.5. The molecule has 6 heteroatoms. The molecule has 0 spiro atoms. The third kappa shape index (κ3) is 5.11.